The summed E-state index contributed by atoms with van der Waals surface area (Å²) in [5.74, 6) is -4.59. The molecule has 61 heavy (non-hydrogen) atoms. The van der Waals surface area contributed by atoms with E-state index in [2.05, 4.69) is 19.2 Å². The molecule has 0 saturated carbocycles. The number of phosphoric acid groups is 1. The van der Waals surface area contributed by atoms with Crippen LogP contribution >= 0.6 is 7.82 Å². The van der Waals surface area contributed by atoms with Gasteiger partial charge in [0.15, 0.2) is 6.10 Å². The summed E-state index contributed by atoms with van der Waals surface area (Å²) in [7, 11) is -4.67. The van der Waals surface area contributed by atoms with Crippen molar-refractivity contribution in [2.75, 3.05) is 78.7 Å². The molecule has 0 radical (unpaired) electrons. The number of nitrogens with one attached hydrogen (secondary N) is 1. The van der Waals surface area contributed by atoms with E-state index < -0.39 is 56.4 Å². The lowest BCUT2D eigenvalue weighted by Gasteiger charge is -2.33. The molecule has 0 aliphatic carbocycles. The van der Waals surface area contributed by atoms with E-state index in [1.54, 1.807) is 14.7 Å². The quantitative estimate of drug-likeness (QED) is 0.0320. The number of hydrogen-bond donors (Lipinski definition) is 5. The first kappa shape index (κ1) is 55.8. The number of esters is 2. The van der Waals surface area contributed by atoms with Gasteiger partial charge < -0.3 is 35.0 Å². The fourth-order valence-corrected chi connectivity index (χ4v) is 7.66. The van der Waals surface area contributed by atoms with E-state index in [1.807, 2.05) is 0 Å². The molecule has 0 aromatic rings. The van der Waals surface area contributed by atoms with Crippen molar-refractivity contribution in [1.29, 1.82) is 0 Å². The maximum Gasteiger partial charge on any atom is 0.472 e. The van der Waals surface area contributed by atoms with Crippen LogP contribution in [0.15, 0.2) is 0 Å². The van der Waals surface area contributed by atoms with Gasteiger partial charge in [-0.3, -0.25) is 52.5 Å². The summed E-state index contributed by atoms with van der Waals surface area (Å²) in [4.78, 5) is 87.3. The number of carbonyl (C=O) groups is 6. The van der Waals surface area contributed by atoms with Crippen LogP contribution in [-0.4, -0.2) is 162 Å². The Labute approximate surface area is 361 Å². The van der Waals surface area contributed by atoms with Crippen LogP contribution in [0, 0.1) is 0 Å². The summed E-state index contributed by atoms with van der Waals surface area (Å²) in [6.07, 6.45) is 14.3. The van der Waals surface area contributed by atoms with E-state index >= 15 is 0 Å². The topological polar surface area (TPSA) is 259 Å². The van der Waals surface area contributed by atoms with E-state index in [9.17, 15) is 53.5 Å². The molecular weight excluding hydrogens is 819 g/mol. The maximum atomic E-state index is 12.7. The van der Waals surface area contributed by atoms with Crippen LogP contribution in [0.1, 0.15) is 136 Å². The van der Waals surface area contributed by atoms with E-state index in [-0.39, 0.29) is 84.2 Å². The Morgan fingerprint density at radius 3 is 1.70 bits per heavy atom. The molecule has 1 aliphatic heterocycles. The molecule has 0 bridgehead atoms. The predicted octanol–water partition coefficient (Wildman–Crippen LogP) is 4.68. The van der Waals surface area contributed by atoms with Crippen molar-refractivity contribution in [2.24, 2.45) is 0 Å². The SMILES string of the molecule is CCCCCCCCCC(=O)OCC(COP(=O)(O)OCCNC(=O)CCCCN(CC(=O)O)C1CN(CC(=O)O)CCN(CC(=O)O)C1)OC(=O)CCCCCCCCC. The van der Waals surface area contributed by atoms with E-state index in [0.717, 1.165) is 57.8 Å². The summed E-state index contributed by atoms with van der Waals surface area (Å²) in [5, 5.41) is 30.8. The van der Waals surface area contributed by atoms with Gasteiger partial charge >= 0.3 is 37.7 Å². The molecule has 5 N–H and O–H groups in total. The van der Waals surface area contributed by atoms with Crippen LogP contribution in [0.4, 0.5) is 0 Å². The van der Waals surface area contributed by atoms with Crippen molar-refractivity contribution in [3.05, 3.63) is 0 Å². The highest BCUT2D eigenvalue weighted by Gasteiger charge is 2.30. The number of carbonyl (C=O) groups excluding carboxylic acids is 3. The zero-order valence-corrected chi connectivity index (χ0v) is 37.5. The van der Waals surface area contributed by atoms with Gasteiger partial charge in [-0.1, -0.05) is 90.9 Å². The summed E-state index contributed by atoms with van der Waals surface area (Å²) in [5.41, 5.74) is 0. The third-order valence-corrected chi connectivity index (χ3v) is 11.1. The highest BCUT2D eigenvalue weighted by atomic mass is 31.2. The van der Waals surface area contributed by atoms with Gasteiger partial charge in [-0.2, -0.15) is 0 Å². The fourth-order valence-electron chi connectivity index (χ4n) is 6.91. The van der Waals surface area contributed by atoms with Gasteiger partial charge in [0.05, 0.1) is 32.8 Å². The number of phosphoric ester groups is 1. The number of amides is 1. The van der Waals surface area contributed by atoms with Crippen LogP contribution in [0.2, 0.25) is 0 Å². The first-order chi connectivity index (χ1) is 29.1. The lowest BCUT2D eigenvalue weighted by Crippen LogP contribution is -2.50. The van der Waals surface area contributed by atoms with Crippen LogP contribution < -0.4 is 5.32 Å². The number of rotatable bonds is 38. The monoisotopic (exact) mass is 894 g/mol. The van der Waals surface area contributed by atoms with Gasteiger partial charge in [0, 0.05) is 58.0 Å². The standard InChI is InChI=1S/C41H75N4O15P/c1-3-5-7-9-11-13-15-20-40(53)57-32-35(60-41(54)21-16-14-12-10-8-6-4-2)33-59-61(55,56)58-26-22-42-36(46)19-17-18-23-45(31-39(51)52)34-27-43(29-37(47)48)24-25-44(28-34)30-38(49)50/h34-35H,3-33H2,1-2H3,(H,42,46)(H,47,48)(H,49,50)(H,51,52)(H,55,56). The Morgan fingerprint density at radius 2 is 1.18 bits per heavy atom. The second kappa shape index (κ2) is 34.3. The van der Waals surface area contributed by atoms with Crippen molar-refractivity contribution in [2.45, 2.75) is 148 Å². The third-order valence-electron chi connectivity index (χ3n) is 10.1. The van der Waals surface area contributed by atoms with Gasteiger partial charge in [0.1, 0.15) is 6.61 Å². The lowest BCUT2D eigenvalue weighted by atomic mass is 10.1. The molecule has 1 saturated heterocycles. The molecule has 0 aromatic carbocycles. The summed E-state index contributed by atoms with van der Waals surface area (Å²) >= 11 is 0. The van der Waals surface area contributed by atoms with Gasteiger partial charge in [-0.25, -0.2) is 4.57 Å². The number of hydrogen-bond acceptors (Lipinski definition) is 14. The van der Waals surface area contributed by atoms with Gasteiger partial charge in [0.2, 0.25) is 5.91 Å². The largest absolute Gasteiger partial charge is 0.480 e. The molecule has 1 amide bonds. The highest BCUT2D eigenvalue weighted by molar-refractivity contribution is 7.47. The molecule has 1 fully saturated rings. The molecule has 19 nitrogen and oxygen atoms in total. The van der Waals surface area contributed by atoms with Crippen LogP contribution in [0.5, 0.6) is 0 Å². The summed E-state index contributed by atoms with van der Waals surface area (Å²) < 4.78 is 33.6. The molecular formula is C41H75N4O15P. The van der Waals surface area contributed by atoms with Gasteiger partial charge in [-0.15, -0.1) is 0 Å². The van der Waals surface area contributed by atoms with Gasteiger partial charge in [0.25, 0.3) is 0 Å². The molecule has 1 heterocycles. The normalized spacial score (nSPS) is 15.5. The number of aliphatic carboxylic acids is 3. The minimum Gasteiger partial charge on any atom is -0.480 e. The zero-order valence-electron chi connectivity index (χ0n) is 36.6. The molecule has 1 rings (SSSR count). The number of carboxylic acids is 3. The molecule has 2 atom stereocenters. The maximum absolute atomic E-state index is 12.7. The van der Waals surface area contributed by atoms with Crippen molar-refractivity contribution < 1.29 is 72.1 Å². The van der Waals surface area contributed by atoms with Crippen LogP contribution in [0.3, 0.4) is 0 Å². The second-order valence-corrected chi connectivity index (χ2v) is 17.2. The summed E-state index contributed by atoms with van der Waals surface area (Å²) in [6, 6.07) is -0.466. The van der Waals surface area contributed by atoms with Crippen molar-refractivity contribution in [3.63, 3.8) is 0 Å². The second-order valence-electron chi connectivity index (χ2n) is 15.7. The highest BCUT2D eigenvalue weighted by Crippen LogP contribution is 2.43. The minimum absolute atomic E-state index is 0.0543. The van der Waals surface area contributed by atoms with Crippen molar-refractivity contribution >= 4 is 43.6 Å². The molecule has 0 aromatic heterocycles. The average Bonchev–Trinajstić information content (AvgIpc) is 3.38. The van der Waals surface area contributed by atoms with Crippen molar-refractivity contribution in [3.8, 4) is 0 Å². The number of carboxylic acid groups (broad SMARTS) is 3. The van der Waals surface area contributed by atoms with Crippen LogP contribution in [0.25, 0.3) is 0 Å². The number of unbranched alkanes of at least 4 members (excludes halogenated alkanes) is 13. The number of nitrogens with zero attached hydrogens (tertiary/aromatic N) is 3. The molecule has 20 heteroatoms. The van der Waals surface area contributed by atoms with E-state index in [4.69, 9.17) is 18.5 Å². The Bertz CT molecular complexity index is 1300. The molecule has 2 unspecified atom stereocenters. The Balaban J connectivity index is 2.58. The van der Waals surface area contributed by atoms with Gasteiger partial charge in [-0.05, 0) is 32.2 Å². The average molecular weight is 895 g/mol. The van der Waals surface area contributed by atoms with E-state index in [1.165, 1.54) is 19.3 Å². The first-order valence-corrected chi connectivity index (χ1v) is 23.7. The fraction of sp³-hybridized carbons (Fsp3) is 0.854. The number of ether oxygens (including phenoxy) is 2. The Morgan fingerprint density at radius 1 is 0.672 bits per heavy atom. The smallest absolute Gasteiger partial charge is 0.472 e. The zero-order chi connectivity index (χ0) is 45.3. The molecule has 0 spiro atoms. The minimum atomic E-state index is -4.67. The molecule has 1 aliphatic rings. The predicted molar refractivity (Wildman–Crippen MR) is 226 cm³/mol. The Kier molecular flexibility index (Phi) is 31.4. The third kappa shape index (κ3) is 31.3. The Hall–Kier alpha value is -3.19. The summed E-state index contributed by atoms with van der Waals surface area (Å²) in [6.45, 7) is 3.29. The lowest BCUT2D eigenvalue weighted by molar-refractivity contribution is -0.161. The van der Waals surface area contributed by atoms with E-state index in [0.29, 0.717) is 38.8 Å². The molecule has 354 valence electrons. The van der Waals surface area contributed by atoms with Crippen LogP contribution in [-0.2, 0) is 51.9 Å². The first-order valence-electron chi connectivity index (χ1n) is 22.2. The van der Waals surface area contributed by atoms with Crippen molar-refractivity contribution in [1.82, 2.24) is 20.0 Å².